The van der Waals surface area contributed by atoms with Gasteiger partial charge in [0.1, 0.15) is 18.4 Å². The third-order valence-corrected chi connectivity index (χ3v) is 3.26. The molecule has 0 aliphatic heterocycles. The van der Waals surface area contributed by atoms with Gasteiger partial charge >= 0.3 is 0 Å². The molecular weight excluding hydrogens is 310 g/mol. The molecule has 0 heterocycles. The topological polar surface area (TPSA) is 117 Å². The van der Waals surface area contributed by atoms with E-state index in [2.05, 4.69) is 11.9 Å². The van der Waals surface area contributed by atoms with Gasteiger partial charge in [0.25, 0.3) is 5.91 Å². The molecule has 7 heteroatoms. The highest BCUT2D eigenvalue weighted by atomic mass is 16.5. The quantitative estimate of drug-likeness (QED) is 0.259. The van der Waals surface area contributed by atoms with Gasteiger partial charge in [0.05, 0.1) is 6.61 Å². The summed E-state index contributed by atoms with van der Waals surface area (Å²) in [4.78, 5) is 11.8. The third-order valence-electron chi connectivity index (χ3n) is 3.26. The normalized spacial score (nSPS) is 12.7. The van der Waals surface area contributed by atoms with Gasteiger partial charge in [-0.25, -0.2) is 5.48 Å². The fraction of sp³-hybridized carbons (Fsp3) is 0.353. The number of hydrogen-bond donors (Lipinski definition) is 5. The van der Waals surface area contributed by atoms with Crippen LogP contribution in [-0.2, 0) is 4.79 Å². The van der Waals surface area contributed by atoms with Gasteiger partial charge in [-0.2, -0.15) is 0 Å². The standard InChI is InChI=1S/C17H25N3O4/c1-12(19-15(16(22)20-23)17(2,3)18)13-6-8-14(9-7-13)24-11-5-4-10-21/h4-9,15,19,21,23H,1,10-11,18H2,2-3H3,(H,20,22)/b5-4+/t15-/m1/s1. The van der Waals surface area contributed by atoms with Crippen molar-refractivity contribution < 1.29 is 19.8 Å². The number of hydrogen-bond acceptors (Lipinski definition) is 6. The molecule has 0 unspecified atom stereocenters. The minimum Gasteiger partial charge on any atom is -0.490 e. The van der Waals surface area contributed by atoms with Crippen LogP contribution < -0.4 is 21.3 Å². The fourth-order valence-corrected chi connectivity index (χ4v) is 1.95. The van der Waals surface area contributed by atoms with Gasteiger partial charge in [0.2, 0.25) is 0 Å². The van der Waals surface area contributed by atoms with E-state index >= 15 is 0 Å². The first-order valence-corrected chi connectivity index (χ1v) is 7.47. The van der Waals surface area contributed by atoms with Crippen molar-refractivity contribution in [2.45, 2.75) is 25.4 Å². The SMILES string of the molecule is C=C(N[C@H](C(=O)NO)C(C)(C)N)c1ccc(OC/C=C/CO)cc1. The van der Waals surface area contributed by atoms with Crippen molar-refractivity contribution in [1.82, 2.24) is 10.8 Å². The largest absolute Gasteiger partial charge is 0.490 e. The maximum absolute atomic E-state index is 11.8. The Hall–Kier alpha value is -2.35. The summed E-state index contributed by atoms with van der Waals surface area (Å²) in [5.74, 6) is 0.0252. The van der Waals surface area contributed by atoms with Crippen molar-refractivity contribution in [3.05, 3.63) is 48.6 Å². The molecule has 0 aromatic heterocycles. The van der Waals surface area contributed by atoms with Gasteiger partial charge < -0.3 is 20.9 Å². The number of aliphatic hydroxyl groups is 1. The van der Waals surface area contributed by atoms with E-state index in [-0.39, 0.29) is 6.61 Å². The Morgan fingerprint density at radius 2 is 2.00 bits per heavy atom. The van der Waals surface area contributed by atoms with Gasteiger partial charge in [-0.05, 0) is 49.8 Å². The van der Waals surface area contributed by atoms with Crippen molar-refractivity contribution in [2.24, 2.45) is 5.73 Å². The van der Waals surface area contributed by atoms with E-state index in [9.17, 15) is 4.79 Å². The average Bonchev–Trinajstić information content (AvgIpc) is 2.55. The Labute approximate surface area is 141 Å². The Kier molecular flexibility index (Phi) is 7.44. The molecule has 1 amide bonds. The van der Waals surface area contributed by atoms with E-state index in [1.54, 1.807) is 55.7 Å². The number of amides is 1. The molecule has 0 saturated heterocycles. The summed E-state index contributed by atoms with van der Waals surface area (Å²) in [5, 5.41) is 20.4. The molecule has 1 aromatic carbocycles. The highest BCUT2D eigenvalue weighted by Gasteiger charge is 2.32. The number of rotatable bonds is 9. The fourth-order valence-electron chi connectivity index (χ4n) is 1.95. The van der Waals surface area contributed by atoms with Crippen LogP contribution >= 0.6 is 0 Å². The first-order chi connectivity index (χ1) is 11.3. The van der Waals surface area contributed by atoms with Crippen LogP contribution in [0.25, 0.3) is 5.70 Å². The molecule has 0 aliphatic rings. The summed E-state index contributed by atoms with van der Waals surface area (Å²) in [7, 11) is 0. The maximum Gasteiger partial charge on any atom is 0.267 e. The predicted molar refractivity (Wildman–Crippen MR) is 92.3 cm³/mol. The average molecular weight is 335 g/mol. The zero-order valence-corrected chi connectivity index (χ0v) is 14.0. The molecule has 1 atom stereocenters. The summed E-state index contributed by atoms with van der Waals surface area (Å²) in [6.45, 7) is 7.58. The molecule has 132 valence electrons. The van der Waals surface area contributed by atoms with E-state index in [0.29, 0.717) is 18.1 Å². The summed E-state index contributed by atoms with van der Waals surface area (Å²) in [6.07, 6.45) is 3.32. The van der Waals surface area contributed by atoms with Crippen LogP contribution in [0.4, 0.5) is 0 Å². The molecule has 24 heavy (non-hydrogen) atoms. The van der Waals surface area contributed by atoms with E-state index in [1.165, 1.54) is 0 Å². The zero-order chi connectivity index (χ0) is 18.2. The number of hydroxylamine groups is 1. The molecule has 1 aromatic rings. The van der Waals surface area contributed by atoms with Crippen molar-refractivity contribution in [3.63, 3.8) is 0 Å². The summed E-state index contributed by atoms with van der Waals surface area (Å²) >= 11 is 0. The van der Waals surface area contributed by atoms with Crippen molar-refractivity contribution >= 4 is 11.6 Å². The van der Waals surface area contributed by atoms with Crippen LogP contribution in [0.2, 0.25) is 0 Å². The number of benzene rings is 1. The number of carbonyl (C=O) groups is 1. The minimum atomic E-state index is -0.905. The second-order valence-corrected chi connectivity index (χ2v) is 5.84. The summed E-state index contributed by atoms with van der Waals surface area (Å²) in [5.41, 5.74) is 7.92. The lowest BCUT2D eigenvalue weighted by atomic mass is 9.94. The van der Waals surface area contributed by atoms with Gasteiger partial charge in [0.15, 0.2) is 0 Å². The molecule has 0 saturated carbocycles. The summed E-state index contributed by atoms with van der Waals surface area (Å²) in [6, 6.07) is 6.26. The lowest BCUT2D eigenvalue weighted by molar-refractivity contribution is -0.132. The zero-order valence-electron chi connectivity index (χ0n) is 14.0. The van der Waals surface area contributed by atoms with Crippen LogP contribution in [0.5, 0.6) is 5.75 Å². The molecule has 0 bridgehead atoms. The van der Waals surface area contributed by atoms with Gasteiger partial charge in [-0.3, -0.25) is 10.0 Å². The van der Waals surface area contributed by atoms with Crippen LogP contribution in [-0.4, -0.2) is 41.0 Å². The number of ether oxygens (including phenoxy) is 1. The van der Waals surface area contributed by atoms with Gasteiger partial charge in [-0.15, -0.1) is 0 Å². The van der Waals surface area contributed by atoms with Crippen LogP contribution in [0, 0.1) is 0 Å². The van der Waals surface area contributed by atoms with Crippen molar-refractivity contribution in [2.75, 3.05) is 13.2 Å². The molecule has 0 spiro atoms. The van der Waals surface area contributed by atoms with E-state index in [4.69, 9.17) is 20.8 Å². The Morgan fingerprint density at radius 3 is 2.50 bits per heavy atom. The number of aliphatic hydroxyl groups excluding tert-OH is 1. The molecular formula is C17H25N3O4. The second kappa shape index (κ2) is 9.07. The Morgan fingerprint density at radius 1 is 1.38 bits per heavy atom. The van der Waals surface area contributed by atoms with Gasteiger partial charge in [0, 0.05) is 11.2 Å². The molecule has 6 N–H and O–H groups in total. The van der Waals surface area contributed by atoms with Crippen molar-refractivity contribution in [1.29, 1.82) is 0 Å². The highest BCUT2D eigenvalue weighted by Crippen LogP contribution is 2.18. The minimum absolute atomic E-state index is 0.0200. The van der Waals surface area contributed by atoms with E-state index < -0.39 is 17.5 Å². The van der Waals surface area contributed by atoms with Crippen LogP contribution in [0.1, 0.15) is 19.4 Å². The predicted octanol–water partition coefficient (Wildman–Crippen LogP) is 0.786. The third kappa shape index (κ3) is 6.04. The Balaban J connectivity index is 2.73. The number of nitrogens with two attached hydrogens (primary N) is 1. The lowest BCUT2D eigenvalue weighted by Gasteiger charge is -2.30. The first kappa shape index (κ1) is 19.7. The number of nitrogens with one attached hydrogen (secondary N) is 2. The van der Waals surface area contributed by atoms with Gasteiger partial charge in [-0.1, -0.05) is 12.7 Å². The number of carbonyl (C=O) groups excluding carboxylic acids is 1. The molecule has 7 nitrogen and oxygen atoms in total. The lowest BCUT2D eigenvalue weighted by Crippen LogP contribution is -2.59. The molecule has 0 fully saturated rings. The molecule has 1 rings (SSSR count). The molecule has 0 aliphatic carbocycles. The van der Waals surface area contributed by atoms with E-state index in [0.717, 1.165) is 5.56 Å². The maximum atomic E-state index is 11.8. The Bertz CT molecular complexity index is 576. The molecule has 0 radical (unpaired) electrons. The van der Waals surface area contributed by atoms with Crippen LogP contribution in [0.15, 0.2) is 43.0 Å². The highest BCUT2D eigenvalue weighted by molar-refractivity contribution is 5.84. The summed E-state index contributed by atoms with van der Waals surface area (Å²) < 4.78 is 5.47. The van der Waals surface area contributed by atoms with E-state index in [1.807, 2.05) is 0 Å². The second-order valence-electron chi connectivity index (χ2n) is 5.84. The van der Waals surface area contributed by atoms with Crippen LogP contribution in [0.3, 0.4) is 0 Å². The van der Waals surface area contributed by atoms with Crippen molar-refractivity contribution in [3.8, 4) is 5.75 Å². The smallest absolute Gasteiger partial charge is 0.267 e. The first-order valence-electron chi connectivity index (χ1n) is 7.47. The monoisotopic (exact) mass is 335 g/mol.